The summed E-state index contributed by atoms with van der Waals surface area (Å²) in [5.74, 6) is -2.83. The van der Waals surface area contributed by atoms with Crippen LogP contribution in [0.15, 0.2) is 24.3 Å². The molecule has 0 radical (unpaired) electrons. The lowest BCUT2D eigenvalue weighted by Gasteiger charge is -2.44. The van der Waals surface area contributed by atoms with Gasteiger partial charge in [0.05, 0.1) is 11.8 Å². The van der Waals surface area contributed by atoms with Gasteiger partial charge in [-0.1, -0.05) is 72.7 Å². The summed E-state index contributed by atoms with van der Waals surface area (Å²) in [5.41, 5.74) is 4.35. The second-order valence-corrected chi connectivity index (χ2v) is 18.9. The highest BCUT2D eigenvalue weighted by atomic mass is 127. The van der Waals surface area contributed by atoms with E-state index >= 15 is 0 Å². The Morgan fingerprint density at radius 1 is 1.11 bits per heavy atom. The van der Waals surface area contributed by atoms with Crippen molar-refractivity contribution in [2.24, 2.45) is 5.41 Å². The summed E-state index contributed by atoms with van der Waals surface area (Å²) in [6, 6.07) is 6.00. The minimum atomic E-state index is -2.92. The second kappa shape index (κ2) is 10.0. The molecule has 0 bridgehead atoms. The monoisotopic (exact) mass is 629 g/mol. The van der Waals surface area contributed by atoms with Gasteiger partial charge in [0.25, 0.3) is 5.92 Å². The second-order valence-electron chi connectivity index (χ2n) is 13.1. The maximum absolute atomic E-state index is 13.8. The van der Waals surface area contributed by atoms with Crippen molar-refractivity contribution in [2.75, 3.05) is 0 Å². The summed E-state index contributed by atoms with van der Waals surface area (Å²) in [6.45, 7) is 20.9. The number of aliphatic hydroxyl groups excluding tert-OH is 1. The SMILES string of the molecule is CC(C)c1nc2c(c(I)c1[C@@H](O)c1ccc(C(C)(F)F)cc1)C(O[Si](C)(C)C(C)(C)C)CC(C)(C)C2. The third kappa shape index (κ3) is 6.05. The summed E-state index contributed by atoms with van der Waals surface area (Å²) in [4.78, 5) is 5.17. The topological polar surface area (TPSA) is 42.4 Å². The molecular formula is C29H42F2INO2Si. The van der Waals surface area contributed by atoms with Crippen molar-refractivity contribution >= 4 is 30.9 Å². The first-order valence-electron chi connectivity index (χ1n) is 12.8. The molecule has 0 saturated heterocycles. The number of aliphatic hydroxyl groups is 1. The molecule has 2 aromatic rings. The van der Waals surface area contributed by atoms with E-state index in [2.05, 4.69) is 84.2 Å². The van der Waals surface area contributed by atoms with E-state index < -0.39 is 20.3 Å². The number of nitrogens with zero attached hydrogens (tertiary/aromatic N) is 1. The van der Waals surface area contributed by atoms with E-state index in [1.54, 1.807) is 12.1 Å². The standard InChI is InChI=1S/C29H42F2INO2Si/c1-17(2)25-23(26(34)18-11-13-19(14-12-18)29(8,30)31)24(32)22-20(33-25)15-28(6,7)16-21(22)35-36(9,10)27(3,4)5/h11-14,17,21,26,34H,15-16H2,1-10H3/t21?,26-/m0/s1. The minimum absolute atomic E-state index is 0.0473. The van der Waals surface area contributed by atoms with E-state index in [1.165, 1.54) is 12.1 Å². The third-order valence-electron chi connectivity index (χ3n) is 7.82. The third-order valence-corrected chi connectivity index (χ3v) is 13.5. The number of fused-ring (bicyclic) bond motifs is 1. The van der Waals surface area contributed by atoms with Gasteiger partial charge in [-0.25, -0.2) is 8.78 Å². The fraction of sp³-hybridized carbons (Fsp3) is 0.621. The first kappa shape index (κ1) is 29.6. The Labute approximate surface area is 230 Å². The smallest absolute Gasteiger partial charge is 0.270 e. The highest BCUT2D eigenvalue weighted by Gasteiger charge is 2.44. The molecule has 1 aliphatic rings. The molecule has 0 aliphatic heterocycles. The van der Waals surface area contributed by atoms with Crippen LogP contribution in [0.5, 0.6) is 0 Å². The van der Waals surface area contributed by atoms with Crippen LogP contribution in [0, 0.1) is 8.99 Å². The Balaban J connectivity index is 2.18. The van der Waals surface area contributed by atoms with E-state index in [9.17, 15) is 13.9 Å². The molecule has 0 amide bonds. The highest BCUT2D eigenvalue weighted by molar-refractivity contribution is 14.1. The van der Waals surface area contributed by atoms with Crippen LogP contribution < -0.4 is 0 Å². The van der Waals surface area contributed by atoms with Crippen molar-refractivity contribution in [1.29, 1.82) is 0 Å². The van der Waals surface area contributed by atoms with Crippen LogP contribution in [0.3, 0.4) is 0 Å². The zero-order chi connectivity index (χ0) is 27.4. The van der Waals surface area contributed by atoms with Gasteiger partial charge in [-0.2, -0.15) is 0 Å². The van der Waals surface area contributed by atoms with E-state index in [0.717, 1.165) is 45.9 Å². The lowest BCUT2D eigenvalue weighted by molar-refractivity contribution is 0.0174. The zero-order valence-electron chi connectivity index (χ0n) is 23.4. The number of halogens is 3. The predicted octanol–water partition coefficient (Wildman–Crippen LogP) is 9.04. The number of hydrogen-bond acceptors (Lipinski definition) is 3. The van der Waals surface area contributed by atoms with Gasteiger partial charge in [-0.15, -0.1) is 0 Å². The Hall–Kier alpha value is -0.903. The molecule has 1 unspecified atom stereocenters. The van der Waals surface area contributed by atoms with Gasteiger partial charge in [0.2, 0.25) is 0 Å². The number of hydrogen-bond donors (Lipinski definition) is 1. The molecule has 0 spiro atoms. The molecule has 1 aromatic heterocycles. The van der Waals surface area contributed by atoms with Gasteiger partial charge in [0, 0.05) is 32.9 Å². The van der Waals surface area contributed by atoms with Crippen LogP contribution in [-0.2, 0) is 16.8 Å². The van der Waals surface area contributed by atoms with Gasteiger partial charge in [-0.05, 0) is 70.5 Å². The van der Waals surface area contributed by atoms with Crippen LogP contribution in [0.2, 0.25) is 18.1 Å². The number of rotatable bonds is 6. The summed E-state index contributed by atoms with van der Waals surface area (Å²) in [5, 5.41) is 11.7. The number of aromatic nitrogens is 1. The van der Waals surface area contributed by atoms with Gasteiger partial charge in [-0.3, -0.25) is 4.98 Å². The van der Waals surface area contributed by atoms with E-state index in [0.29, 0.717) is 5.56 Å². The molecule has 1 N–H and O–H groups in total. The first-order chi connectivity index (χ1) is 16.2. The molecule has 36 heavy (non-hydrogen) atoms. The minimum Gasteiger partial charge on any atom is -0.410 e. The summed E-state index contributed by atoms with van der Waals surface area (Å²) in [7, 11) is -2.08. The van der Waals surface area contributed by atoms with Crippen LogP contribution in [0.1, 0.15) is 114 Å². The maximum Gasteiger partial charge on any atom is 0.270 e. The Bertz CT molecular complexity index is 1100. The average molecular weight is 630 g/mol. The largest absolute Gasteiger partial charge is 0.410 e. The first-order valence-corrected chi connectivity index (χ1v) is 16.8. The quantitative estimate of drug-likeness (QED) is 0.256. The van der Waals surface area contributed by atoms with Crippen molar-refractivity contribution in [1.82, 2.24) is 4.98 Å². The molecule has 3 rings (SSSR count). The molecule has 0 fully saturated rings. The van der Waals surface area contributed by atoms with Gasteiger partial charge < -0.3 is 9.53 Å². The molecule has 1 aliphatic carbocycles. The summed E-state index contributed by atoms with van der Waals surface area (Å²) in [6.07, 6.45) is 0.681. The Kier molecular flexibility index (Phi) is 8.24. The van der Waals surface area contributed by atoms with Crippen molar-refractivity contribution in [3.8, 4) is 0 Å². The number of pyridine rings is 1. The predicted molar refractivity (Wildman–Crippen MR) is 154 cm³/mol. The molecule has 1 heterocycles. The Morgan fingerprint density at radius 2 is 1.67 bits per heavy atom. The molecule has 7 heteroatoms. The van der Waals surface area contributed by atoms with Crippen LogP contribution in [0.4, 0.5) is 8.78 Å². The normalized spacial score (nSPS) is 19.4. The summed E-state index contributed by atoms with van der Waals surface area (Å²) >= 11 is 2.36. The maximum atomic E-state index is 13.8. The fourth-order valence-corrected chi connectivity index (χ4v) is 7.20. The lowest BCUT2D eigenvalue weighted by atomic mass is 9.74. The molecule has 200 valence electrons. The van der Waals surface area contributed by atoms with E-state index in [4.69, 9.17) is 9.41 Å². The molecule has 3 nitrogen and oxygen atoms in total. The van der Waals surface area contributed by atoms with Crippen LogP contribution in [0.25, 0.3) is 0 Å². The summed E-state index contributed by atoms with van der Waals surface area (Å²) < 4.78 is 35.5. The number of alkyl halides is 2. The Morgan fingerprint density at radius 3 is 2.14 bits per heavy atom. The molecule has 2 atom stereocenters. The van der Waals surface area contributed by atoms with Gasteiger partial charge >= 0.3 is 0 Å². The fourth-order valence-electron chi connectivity index (χ4n) is 4.70. The van der Waals surface area contributed by atoms with E-state index in [1.807, 2.05) is 0 Å². The van der Waals surface area contributed by atoms with Crippen LogP contribution >= 0.6 is 22.6 Å². The van der Waals surface area contributed by atoms with Crippen molar-refractivity contribution < 1.29 is 18.3 Å². The molecular weight excluding hydrogens is 587 g/mol. The highest BCUT2D eigenvalue weighted by Crippen LogP contribution is 2.50. The van der Waals surface area contributed by atoms with Gasteiger partial charge in [0.15, 0.2) is 8.32 Å². The van der Waals surface area contributed by atoms with Gasteiger partial charge in [0.1, 0.15) is 6.10 Å². The van der Waals surface area contributed by atoms with Crippen molar-refractivity contribution in [3.05, 3.63) is 61.5 Å². The van der Waals surface area contributed by atoms with Crippen molar-refractivity contribution in [2.45, 2.75) is 110 Å². The lowest BCUT2D eigenvalue weighted by Crippen LogP contribution is -2.44. The van der Waals surface area contributed by atoms with Crippen molar-refractivity contribution in [3.63, 3.8) is 0 Å². The van der Waals surface area contributed by atoms with E-state index in [-0.39, 0.29) is 28.0 Å². The average Bonchev–Trinajstić information content (AvgIpc) is 2.70. The molecule has 0 saturated carbocycles. The molecule has 1 aromatic carbocycles. The zero-order valence-corrected chi connectivity index (χ0v) is 26.5. The number of benzene rings is 1. The van der Waals surface area contributed by atoms with Crippen LogP contribution in [-0.4, -0.2) is 18.4 Å².